The van der Waals surface area contributed by atoms with E-state index in [0.29, 0.717) is 5.69 Å². The van der Waals surface area contributed by atoms with Crippen LogP contribution in [-0.4, -0.2) is 15.7 Å². The summed E-state index contributed by atoms with van der Waals surface area (Å²) in [6, 6.07) is 11.3. The molecule has 0 radical (unpaired) electrons. The van der Waals surface area contributed by atoms with E-state index in [1.807, 2.05) is 31.3 Å². The molecule has 0 saturated heterocycles. The van der Waals surface area contributed by atoms with Crippen molar-refractivity contribution in [1.29, 1.82) is 0 Å². The fourth-order valence-corrected chi connectivity index (χ4v) is 2.06. The summed E-state index contributed by atoms with van der Waals surface area (Å²) in [4.78, 5) is 15.9. The van der Waals surface area contributed by atoms with Crippen LogP contribution in [0.2, 0.25) is 0 Å². The Morgan fingerprint density at radius 2 is 2.15 bits per heavy atom. The zero-order valence-electron chi connectivity index (χ0n) is 11.0. The van der Waals surface area contributed by atoms with Gasteiger partial charge in [0, 0.05) is 17.8 Å². The number of nitrogens with zero attached hydrogens (tertiary/aromatic N) is 2. The summed E-state index contributed by atoms with van der Waals surface area (Å²) in [7, 11) is 0. The highest BCUT2D eigenvalue weighted by molar-refractivity contribution is 5.96. The lowest BCUT2D eigenvalue weighted by Gasteiger charge is -2.09. The van der Waals surface area contributed by atoms with Gasteiger partial charge in [-0.3, -0.25) is 9.66 Å². The van der Waals surface area contributed by atoms with Crippen LogP contribution >= 0.6 is 0 Å². The van der Waals surface area contributed by atoms with Crippen molar-refractivity contribution >= 4 is 22.6 Å². The van der Waals surface area contributed by atoms with E-state index in [4.69, 9.17) is 0 Å². The van der Waals surface area contributed by atoms with E-state index in [1.165, 1.54) is 5.56 Å². The first kappa shape index (κ1) is 12.2. The summed E-state index contributed by atoms with van der Waals surface area (Å²) in [5.41, 5.74) is 5.57. The topological polar surface area (TPSA) is 59.0 Å². The van der Waals surface area contributed by atoms with Gasteiger partial charge in [0.2, 0.25) is 0 Å². The average Bonchev–Trinajstić information content (AvgIpc) is 2.82. The highest BCUT2D eigenvalue weighted by Crippen LogP contribution is 2.16. The molecule has 5 heteroatoms. The summed E-state index contributed by atoms with van der Waals surface area (Å²) in [5, 5.41) is 3.81. The van der Waals surface area contributed by atoms with Gasteiger partial charge in [0.1, 0.15) is 0 Å². The van der Waals surface area contributed by atoms with Crippen molar-refractivity contribution in [2.75, 3.05) is 10.7 Å². The number of aromatic nitrogens is 2. The third kappa shape index (κ3) is 2.47. The molecule has 0 unspecified atom stereocenters. The highest BCUT2D eigenvalue weighted by Gasteiger charge is 2.05. The van der Waals surface area contributed by atoms with Gasteiger partial charge in [0.15, 0.2) is 0 Å². The Morgan fingerprint density at radius 1 is 1.25 bits per heavy atom. The molecule has 2 amide bonds. The summed E-state index contributed by atoms with van der Waals surface area (Å²) >= 11 is 0. The first-order valence-electron chi connectivity index (χ1n) is 6.28. The molecule has 3 rings (SSSR count). The number of hydrogen-bond acceptors (Lipinski definition) is 2. The van der Waals surface area contributed by atoms with Gasteiger partial charge in [-0.25, -0.2) is 10.2 Å². The van der Waals surface area contributed by atoms with Gasteiger partial charge in [-0.2, -0.15) is 0 Å². The van der Waals surface area contributed by atoms with E-state index < -0.39 is 0 Å². The largest absolute Gasteiger partial charge is 0.338 e. The molecular weight excluding hydrogens is 252 g/mol. The molecule has 0 fully saturated rings. The standard InChI is InChI=1S/C15H14N4O/c1-11-4-5-14-12(9-11)6-8-19(14)18-15(20)17-13-3-2-7-16-10-13/h2-10H,1H3,(H2,17,18,20). The van der Waals surface area contributed by atoms with Gasteiger partial charge in [-0.15, -0.1) is 0 Å². The molecule has 5 nitrogen and oxygen atoms in total. The zero-order valence-corrected chi connectivity index (χ0v) is 11.0. The van der Waals surface area contributed by atoms with Crippen LogP contribution in [-0.2, 0) is 0 Å². The number of benzene rings is 1. The summed E-state index contributed by atoms with van der Waals surface area (Å²) in [6.45, 7) is 2.04. The van der Waals surface area contributed by atoms with Gasteiger partial charge < -0.3 is 5.32 Å². The van der Waals surface area contributed by atoms with Crippen LogP contribution < -0.4 is 10.7 Å². The highest BCUT2D eigenvalue weighted by atomic mass is 16.2. The average molecular weight is 266 g/mol. The fraction of sp³-hybridized carbons (Fsp3) is 0.0667. The molecule has 0 bridgehead atoms. The summed E-state index contributed by atoms with van der Waals surface area (Å²) in [5.74, 6) is 0. The van der Waals surface area contributed by atoms with Crippen molar-refractivity contribution in [3.05, 3.63) is 60.6 Å². The molecule has 1 aromatic carbocycles. The molecule has 3 aromatic rings. The Labute approximate surface area is 116 Å². The molecule has 0 saturated carbocycles. The van der Waals surface area contributed by atoms with E-state index in [-0.39, 0.29) is 6.03 Å². The quantitative estimate of drug-likeness (QED) is 0.748. The summed E-state index contributed by atoms with van der Waals surface area (Å²) < 4.78 is 1.69. The van der Waals surface area contributed by atoms with Crippen molar-refractivity contribution in [3.63, 3.8) is 0 Å². The second-order valence-electron chi connectivity index (χ2n) is 4.56. The maximum Gasteiger partial charge on any atom is 0.338 e. The monoisotopic (exact) mass is 266 g/mol. The van der Waals surface area contributed by atoms with E-state index >= 15 is 0 Å². The predicted octanol–water partition coefficient (Wildman–Crippen LogP) is 3.12. The molecular formula is C15H14N4O. The SMILES string of the molecule is Cc1ccc2c(ccn2NC(=O)Nc2cccnc2)c1. The molecule has 0 spiro atoms. The van der Waals surface area contributed by atoms with Crippen molar-refractivity contribution in [2.24, 2.45) is 0 Å². The van der Waals surface area contributed by atoms with Crippen LogP contribution in [0.15, 0.2) is 55.0 Å². The van der Waals surface area contributed by atoms with E-state index in [1.54, 1.807) is 29.2 Å². The number of aryl methyl sites for hydroxylation is 1. The maximum absolute atomic E-state index is 11.9. The van der Waals surface area contributed by atoms with Gasteiger partial charge in [-0.1, -0.05) is 11.6 Å². The molecule has 2 N–H and O–H groups in total. The number of carbonyl (C=O) groups excluding carboxylic acids is 1. The normalized spacial score (nSPS) is 10.4. The number of pyridine rings is 1. The van der Waals surface area contributed by atoms with Crippen LogP contribution in [0.25, 0.3) is 10.9 Å². The second kappa shape index (κ2) is 5.05. The molecule has 0 atom stereocenters. The number of fused-ring (bicyclic) bond motifs is 1. The Bertz CT molecular complexity index is 749. The van der Waals surface area contributed by atoms with Crippen molar-refractivity contribution in [1.82, 2.24) is 9.66 Å². The number of nitrogens with one attached hydrogen (secondary N) is 2. The third-order valence-electron chi connectivity index (χ3n) is 2.99. The maximum atomic E-state index is 11.9. The predicted molar refractivity (Wildman–Crippen MR) is 79.3 cm³/mol. The first-order chi connectivity index (χ1) is 9.72. The molecule has 2 heterocycles. The lowest BCUT2D eigenvalue weighted by molar-refractivity contribution is 0.260. The number of hydrogen-bond donors (Lipinski definition) is 2. The Hall–Kier alpha value is -2.82. The van der Waals surface area contributed by atoms with Gasteiger partial charge >= 0.3 is 6.03 Å². The fourth-order valence-electron chi connectivity index (χ4n) is 2.06. The van der Waals surface area contributed by atoms with Gasteiger partial charge in [0.05, 0.1) is 17.4 Å². The van der Waals surface area contributed by atoms with E-state index in [9.17, 15) is 4.79 Å². The van der Waals surface area contributed by atoms with Crippen molar-refractivity contribution in [3.8, 4) is 0 Å². The Morgan fingerprint density at radius 3 is 2.95 bits per heavy atom. The molecule has 2 aromatic heterocycles. The van der Waals surface area contributed by atoms with Gasteiger partial charge in [0.25, 0.3) is 0 Å². The van der Waals surface area contributed by atoms with Crippen molar-refractivity contribution < 1.29 is 4.79 Å². The van der Waals surface area contributed by atoms with E-state index in [0.717, 1.165) is 10.9 Å². The van der Waals surface area contributed by atoms with Crippen molar-refractivity contribution in [2.45, 2.75) is 6.92 Å². The molecule has 20 heavy (non-hydrogen) atoms. The van der Waals surface area contributed by atoms with Crippen LogP contribution in [0.3, 0.4) is 0 Å². The Kier molecular flexibility index (Phi) is 3.09. The molecule has 100 valence electrons. The van der Waals surface area contributed by atoms with Crippen LogP contribution in [0.1, 0.15) is 5.56 Å². The molecule has 0 aliphatic heterocycles. The zero-order chi connectivity index (χ0) is 13.9. The third-order valence-corrected chi connectivity index (χ3v) is 2.99. The molecule has 0 aliphatic rings. The molecule has 0 aliphatic carbocycles. The lowest BCUT2D eigenvalue weighted by Crippen LogP contribution is -2.27. The lowest BCUT2D eigenvalue weighted by atomic mass is 10.2. The number of rotatable bonds is 2. The summed E-state index contributed by atoms with van der Waals surface area (Å²) in [6.07, 6.45) is 5.08. The first-order valence-corrected chi connectivity index (χ1v) is 6.28. The minimum Gasteiger partial charge on any atom is -0.305 e. The number of anilines is 1. The number of amides is 2. The second-order valence-corrected chi connectivity index (χ2v) is 4.56. The Balaban J connectivity index is 1.78. The number of carbonyl (C=O) groups is 1. The van der Waals surface area contributed by atoms with Crippen LogP contribution in [0.5, 0.6) is 0 Å². The smallest absolute Gasteiger partial charge is 0.305 e. The van der Waals surface area contributed by atoms with Crippen LogP contribution in [0.4, 0.5) is 10.5 Å². The van der Waals surface area contributed by atoms with Gasteiger partial charge in [-0.05, 0) is 37.3 Å². The number of urea groups is 1. The van der Waals surface area contributed by atoms with Crippen LogP contribution in [0, 0.1) is 6.92 Å². The van der Waals surface area contributed by atoms with E-state index in [2.05, 4.69) is 21.8 Å². The minimum atomic E-state index is -0.309. The minimum absolute atomic E-state index is 0.309.